The van der Waals surface area contributed by atoms with Crippen molar-refractivity contribution in [2.45, 2.75) is 19.4 Å². The second-order valence-corrected chi connectivity index (χ2v) is 7.08. The summed E-state index contributed by atoms with van der Waals surface area (Å²) in [6.07, 6.45) is 2.64. The molecule has 0 unspecified atom stereocenters. The minimum Gasteiger partial charge on any atom is -0.340 e. The lowest BCUT2D eigenvalue weighted by atomic mass is 10.4. The number of thiophene rings is 1. The summed E-state index contributed by atoms with van der Waals surface area (Å²) in [4.78, 5) is 14.8. The van der Waals surface area contributed by atoms with Crippen LogP contribution in [-0.2, 0) is 11.3 Å². The Morgan fingerprint density at radius 2 is 2.28 bits per heavy atom. The third-order valence-corrected chi connectivity index (χ3v) is 4.46. The summed E-state index contributed by atoms with van der Waals surface area (Å²) in [5.74, 6) is 0.983. The van der Waals surface area contributed by atoms with Crippen molar-refractivity contribution in [3.63, 3.8) is 0 Å². The van der Waals surface area contributed by atoms with Gasteiger partial charge in [-0.3, -0.25) is 4.79 Å². The van der Waals surface area contributed by atoms with Gasteiger partial charge in [0, 0.05) is 11.9 Å². The van der Waals surface area contributed by atoms with Gasteiger partial charge in [-0.2, -0.15) is 0 Å². The second kappa shape index (κ2) is 7.48. The smallest absolute Gasteiger partial charge is 0.236 e. The summed E-state index contributed by atoms with van der Waals surface area (Å²) in [5.41, 5.74) is 0. The molecule has 6 heteroatoms. The number of likely N-dealkylation sites (N-methyl/N-ethyl adjacent to an activating group) is 1. The highest BCUT2D eigenvalue weighted by molar-refractivity contribution is 9.11. The van der Waals surface area contributed by atoms with E-state index in [0.717, 1.165) is 16.2 Å². The molecule has 1 fully saturated rings. The fourth-order valence-electron chi connectivity index (χ4n) is 1.60. The van der Waals surface area contributed by atoms with E-state index in [0.29, 0.717) is 13.1 Å². The van der Waals surface area contributed by atoms with E-state index in [-0.39, 0.29) is 18.3 Å². The molecule has 102 valence electrons. The summed E-state index contributed by atoms with van der Waals surface area (Å²) in [6, 6.07) is 4.07. The van der Waals surface area contributed by atoms with Gasteiger partial charge >= 0.3 is 0 Å². The minimum absolute atomic E-state index is 0. The van der Waals surface area contributed by atoms with E-state index in [1.54, 1.807) is 16.2 Å². The summed E-state index contributed by atoms with van der Waals surface area (Å²) >= 11 is 5.10. The van der Waals surface area contributed by atoms with Gasteiger partial charge in [0.05, 0.1) is 16.9 Å². The Morgan fingerprint density at radius 1 is 1.56 bits per heavy atom. The SMILES string of the molecule is CN(Cc1ccc(Br)s1)C(=O)CNCC1CC1.Cl. The van der Waals surface area contributed by atoms with E-state index >= 15 is 0 Å². The van der Waals surface area contributed by atoms with Crippen LogP contribution in [-0.4, -0.2) is 30.9 Å². The number of hydrogen-bond acceptors (Lipinski definition) is 3. The number of nitrogens with one attached hydrogen (secondary N) is 1. The largest absolute Gasteiger partial charge is 0.340 e. The maximum Gasteiger partial charge on any atom is 0.236 e. The topological polar surface area (TPSA) is 32.3 Å². The molecule has 0 saturated heterocycles. The van der Waals surface area contributed by atoms with Crippen LogP contribution in [0, 0.1) is 5.92 Å². The van der Waals surface area contributed by atoms with Gasteiger partial charge in [0.1, 0.15) is 0 Å². The van der Waals surface area contributed by atoms with Crippen LogP contribution in [0.1, 0.15) is 17.7 Å². The first-order chi connectivity index (χ1) is 8.15. The van der Waals surface area contributed by atoms with Crippen LogP contribution in [0.15, 0.2) is 15.9 Å². The zero-order chi connectivity index (χ0) is 12.3. The van der Waals surface area contributed by atoms with Gasteiger partial charge in [-0.15, -0.1) is 23.7 Å². The molecule has 1 saturated carbocycles. The third kappa shape index (κ3) is 5.26. The van der Waals surface area contributed by atoms with Crippen molar-refractivity contribution in [1.82, 2.24) is 10.2 Å². The molecule has 1 aliphatic rings. The second-order valence-electron chi connectivity index (χ2n) is 4.53. The van der Waals surface area contributed by atoms with Gasteiger partial charge < -0.3 is 10.2 Å². The first kappa shape index (κ1) is 16.0. The number of carbonyl (C=O) groups is 1. The van der Waals surface area contributed by atoms with Gasteiger partial charge in [0.25, 0.3) is 0 Å². The van der Waals surface area contributed by atoms with E-state index in [1.807, 2.05) is 13.1 Å². The Kier molecular flexibility index (Phi) is 6.63. The monoisotopic (exact) mass is 352 g/mol. The van der Waals surface area contributed by atoms with Crippen LogP contribution in [0.5, 0.6) is 0 Å². The number of carbonyl (C=O) groups excluding carboxylic acids is 1. The highest BCUT2D eigenvalue weighted by atomic mass is 79.9. The number of halogens is 2. The van der Waals surface area contributed by atoms with E-state index in [9.17, 15) is 4.79 Å². The lowest BCUT2D eigenvalue weighted by molar-refractivity contribution is -0.129. The van der Waals surface area contributed by atoms with Crippen molar-refractivity contribution in [3.05, 3.63) is 20.8 Å². The Morgan fingerprint density at radius 3 is 2.83 bits per heavy atom. The molecular weight excluding hydrogens is 336 g/mol. The Hall–Kier alpha value is -0.100. The predicted molar refractivity (Wildman–Crippen MR) is 81.3 cm³/mol. The first-order valence-electron chi connectivity index (χ1n) is 5.84. The fourth-order valence-corrected chi connectivity index (χ4v) is 3.14. The molecule has 0 aromatic carbocycles. The average molecular weight is 354 g/mol. The highest BCUT2D eigenvalue weighted by Gasteiger charge is 2.21. The Labute approximate surface area is 126 Å². The van der Waals surface area contributed by atoms with Gasteiger partial charge in [-0.1, -0.05) is 0 Å². The minimum atomic E-state index is 0. The lowest BCUT2D eigenvalue weighted by Gasteiger charge is -2.16. The van der Waals surface area contributed by atoms with Crippen molar-refractivity contribution < 1.29 is 4.79 Å². The highest BCUT2D eigenvalue weighted by Crippen LogP contribution is 2.27. The summed E-state index contributed by atoms with van der Waals surface area (Å²) in [5, 5.41) is 3.22. The van der Waals surface area contributed by atoms with Crippen molar-refractivity contribution in [2.24, 2.45) is 5.92 Å². The molecule has 18 heavy (non-hydrogen) atoms. The zero-order valence-electron chi connectivity index (χ0n) is 10.3. The molecule has 0 atom stereocenters. The number of rotatable bonds is 6. The molecule has 1 heterocycles. The van der Waals surface area contributed by atoms with Crippen LogP contribution in [0.2, 0.25) is 0 Å². The van der Waals surface area contributed by atoms with E-state index in [4.69, 9.17) is 0 Å². The fraction of sp³-hybridized carbons (Fsp3) is 0.583. The number of hydrogen-bond donors (Lipinski definition) is 1. The molecule has 2 rings (SSSR count). The van der Waals surface area contributed by atoms with Gasteiger partial charge in [0.2, 0.25) is 5.91 Å². The predicted octanol–water partition coefficient (Wildman–Crippen LogP) is 2.89. The molecular formula is C12H18BrClN2OS. The van der Waals surface area contributed by atoms with E-state index in [2.05, 4.69) is 27.3 Å². The van der Waals surface area contributed by atoms with Crippen molar-refractivity contribution >= 4 is 45.6 Å². The quantitative estimate of drug-likeness (QED) is 0.853. The van der Waals surface area contributed by atoms with E-state index < -0.39 is 0 Å². The average Bonchev–Trinajstić information content (AvgIpc) is 3.02. The lowest BCUT2D eigenvalue weighted by Crippen LogP contribution is -2.35. The Bertz CT molecular complexity index is 395. The molecule has 0 radical (unpaired) electrons. The molecule has 3 nitrogen and oxygen atoms in total. The summed E-state index contributed by atoms with van der Waals surface area (Å²) < 4.78 is 1.11. The van der Waals surface area contributed by atoms with Gasteiger partial charge in [0.15, 0.2) is 0 Å². The standard InChI is InChI=1S/C12H17BrN2OS.ClH/c1-15(8-10-4-5-11(13)17-10)12(16)7-14-6-9-2-3-9;/h4-5,9,14H,2-3,6-8H2,1H3;1H. The van der Waals surface area contributed by atoms with Crippen molar-refractivity contribution in [1.29, 1.82) is 0 Å². The number of nitrogens with zero attached hydrogens (tertiary/aromatic N) is 1. The molecule has 1 N–H and O–H groups in total. The van der Waals surface area contributed by atoms with Crippen molar-refractivity contribution in [3.8, 4) is 0 Å². The summed E-state index contributed by atoms with van der Waals surface area (Å²) in [6.45, 7) is 2.14. The molecule has 0 spiro atoms. The molecule has 1 amide bonds. The molecule has 1 aromatic rings. The van der Waals surface area contributed by atoms with Crippen LogP contribution >= 0.6 is 39.7 Å². The molecule has 1 aliphatic carbocycles. The molecule has 0 bridgehead atoms. The van der Waals surface area contributed by atoms with Gasteiger partial charge in [-0.05, 0) is 53.4 Å². The van der Waals surface area contributed by atoms with Crippen LogP contribution in [0.3, 0.4) is 0 Å². The molecule has 1 aromatic heterocycles. The Balaban J connectivity index is 0.00000162. The maximum absolute atomic E-state index is 11.8. The normalized spacial score (nSPS) is 14.1. The zero-order valence-corrected chi connectivity index (χ0v) is 13.5. The number of amides is 1. The van der Waals surface area contributed by atoms with Crippen LogP contribution < -0.4 is 5.32 Å². The first-order valence-corrected chi connectivity index (χ1v) is 7.45. The van der Waals surface area contributed by atoms with Crippen molar-refractivity contribution in [2.75, 3.05) is 20.1 Å². The third-order valence-electron chi connectivity index (χ3n) is 2.85. The van der Waals surface area contributed by atoms with E-state index in [1.165, 1.54) is 17.7 Å². The van der Waals surface area contributed by atoms with Crippen LogP contribution in [0.4, 0.5) is 0 Å². The van der Waals surface area contributed by atoms with Gasteiger partial charge in [-0.25, -0.2) is 0 Å². The maximum atomic E-state index is 11.8. The van der Waals surface area contributed by atoms with Crippen LogP contribution in [0.25, 0.3) is 0 Å². The summed E-state index contributed by atoms with van der Waals surface area (Å²) in [7, 11) is 1.86. The molecule has 0 aliphatic heterocycles.